The zero-order valence-electron chi connectivity index (χ0n) is 8.86. The second-order valence-electron chi connectivity index (χ2n) is 4.01. The molecule has 1 aromatic carbocycles. The van der Waals surface area contributed by atoms with E-state index in [0.29, 0.717) is 17.9 Å². The minimum atomic E-state index is -4.26. The number of benzene rings is 1. The van der Waals surface area contributed by atoms with Crippen molar-refractivity contribution < 1.29 is 13.2 Å². The molecule has 0 aromatic heterocycles. The Balaban J connectivity index is 2.87. The molecule has 0 aliphatic rings. The van der Waals surface area contributed by atoms with Crippen molar-refractivity contribution in [2.45, 2.75) is 32.9 Å². The zero-order chi connectivity index (χ0) is 11.5. The van der Waals surface area contributed by atoms with E-state index in [9.17, 15) is 13.2 Å². The molecule has 0 amide bonds. The number of alkyl halides is 3. The number of hydrogen-bond acceptors (Lipinski definition) is 0. The van der Waals surface area contributed by atoms with E-state index >= 15 is 0 Å². The maximum atomic E-state index is 12.6. The SMILES string of the molecule is CC(C)CCc1cc[c]cc1C(F)(F)F. The van der Waals surface area contributed by atoms with Crippen molar-refractivity contribution in [2.24, 2.45) is 5.92 Å². The van der Waals surface area contributed by atoms with Crippen molar-refractivity contribution in [3.8, 4) is 0 Å². The van der Waals surface area contributed by atoms with Crippen LogP contribution in [-0.2, 0) is 12.6 Å². The van der Waals surface area contributed by atoms with Crippen LogP contribution in [0.25, 0.3) is 0 Å². The third kappa shape index (κ3) is 3.57. The normalized spacial score (nSPS) is 12.1. The zero-order valence-corrected chi connectivity index (χ0v) is 8.86. The molecule has 0 spiro atoms. The summed E-state index contributed by atoms with van der Waals surface area (Å²) in [5, 5.41) is 0. The van der Waals surface area contributed by atoms with Gasteiger partial charge in [-0.15, -0.1) is 0 Å². The van der Waals surface area contributed by atoms with Gasteiger partial charge in [-0.1, -0.05) is 26.0 Å². The maximum absolute atomic E-state index is 12.6. The van der Waals surface area contributed by atoms with E-state index in [0.717, 1.165) is 12.5 Å². The second-order valence-corrected chi connectivity index (χ2v) is 4.01. The molecule has 0 atom stereocenters. The van der Waals surface area contributed by atoms with E-state index < -0.39 is 11.7 Å². The predicted octanol–water partition coefficient (Wildman–Crippen LogP) is 4.09. The van der Waals surface area contributed by atoms with Crippen LogP contribution in [-0.4, -0.2) is 0 Å². The number of aryl methyl sites for hydroxylation is 1. The lowest BCUT2D eigenvalue weighted by Gasteiger charge is -2.13. The molecule has 0 aliphatic carbocycles. The molecule has 0 nitrogen and oxygen atoms in total. The van der Waals surface area contributed by atoms with Gasteiger partial charge in [0.25, 0.3) is 0 Å². The highest BCUT2D eigenvalue weighted by atomic mass is 19.4. The van der Waals surface area contributed by atoms with Crippen molar-refractivity contribution in [1.82, 2.24) is 0 Å². The third-order valence-electron chi connectivity index (χ3n) is 2.25. The van der Waals surface area contributed by atoms with Crippen molar-refractivity contribution in [3.05, 3.63) is 35.4 Å². The van der Waals surface area contributed by atoms with E-state index in [4.69, 9.17) is 0 Å². The second kappa shape index (κ2) is 4.69. The summed E-state index contributed by atoms with van der Waals surface area (Å²) >= 11 is 0. The molecule has 0 fully saturated rings. The van der Waals surface area contributed by atoms with E-state index in [2.05, 4.69) is 6.07 Å². The molecule has 0 aliphatic heterocycles. The molecule has 0 N–H and O–H groups in total. The van der Waals surface area contributed by atoms with Crippen molar-refractivity contribution in [1.29, 1.82) is 0 Å². The van der Waals surface area contributed by atoms with Gasteiger partial charge in [0.05, 0.1) is 5.56 Å². The van der Waals surface area contributed by atoms with Gasteiger partial charge in [-0.05, 0) is 36.5 Å². The Bertz CT molecular complexity index is 313. The Hall–Kier alpha value is -0.990. The van der Waals surface area contributed by atoms with Gasteiger partial charge in [-0.25, -0.2) is 0 Å². The molecule has 0 saturated carbocycles. The van der Waals surface area contributed by atoms with Gasteiger partial charge in [0.15, 0.2) is 0 Å². The van der Waals surface area contributed by atoms with Crippen LogP contribution in [0.1, 0.15) is 31.4 Å². The summed E-state index contributed by atoms with van der Waals surface area (Å²) in [5.41, 5.74) is -0.180. The van der Waals surface area contributed by atoms with Gasteiger partial charge < -0.3 is 0 Å². The van der Waals surface area contributed by atoms with E-state index in [-0.39, 0.29) is 0 Å². The van der Waals surface area contributed by atoms with Crippen LogP contribution in [0.5, 0.6) is 0 Å². The lowest BCUT2D eigenvalue weighted by atomic mass is 9.98. The number of hydrogen-bond donors (Lipinski definition) is 0. The highest BCUT2D eigenvalue weighted by Crippen LogP contribution is 2.32. The van der Waals surface area contributed by atoms with Gasteiger partial charge in [-0.2, -0.15) is 13.2 Å². The standard InChI is InChI=1S/C12H14F3/c1-9(2)7-8-10-5-3-4-6-11(10)12(13,14)15/h3,5-6,9H,7-8H2,1-2H3. The Morgan fingerprint density at radius 2 is 2.00 bits per heavy atom. The molecule has 0 bridgehead atoms. The van der Waals surface area contributed by atoms with Crippen molar-refractivity contribution in [2.75, 3.05) is 0 Å². The van der Waals surface area contributed by atoms with E-state index in [1.54, 1.807) is 0 Å². The van der Waals surface area contributed by atoms with Gasteiger partial charge in [0.1, 0.15) is 0 Å². The molecule has 15 heavy (non-hydrogen) atoms. The van der Waals surface area contributed by atoms with Gasteiger partial charge in [0.2, 0.25) is 0 Å². The number of halogens is 3. The van der Waals surface area contributed by atoms with Crippen LogP contribution < -0.4 is 0 Å². The molecule has 1 rings (SSSR count). The first kappa shape index (κ1) is 12.1. The predicted molar refractivity (Wildman–Crippen MR) is 53.4 cm³/mol. The first-order chi connectivity index (χ1) is 6.91. The monoisotopic (exact) mass is 215 g/mol. The lowest BCUT2D eigenvalue weighted by Crippen LogP contribution is -2.09. The molecule has 0 saturated heterocycles. The van der Waals surface area contributed by atoms with Crippen LogP contribution in [0.4, 0.5) is 13.2 Å². The first-order valence-corrected chi connectivity index (χ1v) is 4.97. The van der Waals surface area contributed by atoms with Crippen LogP contribution in [0.3, 0.4) is 0 Å². The largest absolute Gasteiger partial charge is 0.416 e. The molecular formula is C12H14F3. The van der Waals surface area contributed by atoms with Crippen LogP contribution in [0.15, 0.2) is 18.2 Å². The Labute approximate surface area is 88.1 Å². The van der Waals surface area contributed by atoms with Crippen LogP contribution in [0.2, 0.25) is 0 Å². The summed E-state index contributed by atoms with van der Waals surface area (Å²) in [7, 11) is 0. The molecule has 3 heteroatoms. The fraction of sp³-hybridized carbons (Fsp3) is 0.500. The van der Waals surface area contributed by atoms with Crippen LogP contribution in [0, 0.1) is 12.0 Å². The first-order valence-electron chi connectivity index (χ1n) is 4.97. The molecular weight excluding hydrogens is 201 g/mol. The lowest BCUT2D eigenvalue weighted by molar-refractivity contribution is -0.138. The summed E-state index contributed by atoms with van der Waals surface area (Å²) in [4.78, 5) is 0. The Kier molecular flexibility index (Phi) is 3.77. The Morgan fingerprint density at radius 3 is 2.53 bits per heavy atom. The molecule has 1 aromatic rings. The molecule has 83 valence electrons. The highest BCUT2D eigenvalue weighted by Gasteiger charge is 2.32. The summed E-state index contributed by atoms with van der Waals surface area (Å²) in [6, 6.07) is 6.54. The molecule has 1 radical (unpaired) electrons. The third-order valence-corrected chi connectivity index (χ3v) is 2.25. The minimum Gasteiger partial charge on any atom is -0.166 e. The average Bonchev–Trinajstić information content (AvgIpc) is 2.13. The quantitative estimate of drug-likeness (QED) is 0.712. The summed E-state index contributed by atoms with van der Waals surface area (Å²) in [5.74, 6) is 0.412. The van der Waals surface area contributed by atoms with Gasteiger partial charge >= 0.3 is 6.18 Å². The maximum Gasteiger partial charge on any atom is 0.416 e. The van der Waals surface area contributed by atoms with Gasteiger partial charge in [0, 0.05) is 0 Å². The molecule has 0 heterocycles. The summed E-state index contributed by atoms with van der Waals surface area (Å²) < 4.78 is 37.7. The fourth-order valence-electron chi connectivity index (χ4n) is 1.39. The smallest absolute Gasteiger partial charge is 0.166 e. The topological polar surface area (TPSA) is 0 Å². The van der Waals surface area contributed by atoms with Crippen molar-refractivity contribution in [3.63, 3.8) is 0 Å². The minimum absolute atomic E-state index is 0.370. The highest BCUT2D eigenvalue weighted by molar-refractivity contribution is 5.29. The average molecular weight is 215 g/mol. The summed E-state index contributed by atoms with van der Waals surface area (Å²) in [6.07, 6.45) is -3.02. The fourth-order valence-corrected chi connectivity index (χ4v) is 1.39. The van der Waals surface area contributed by atoms with Crippen molar-refractivity contribution >= 4 is 0 Å². The summed E-state index contributed by atoms with van der Waals surface area (Å²) in [6.45, 7) is 4.00. The van der Waals surface area contributed by atoms with E-state index in [1.807, 2.05) is 13.8 Å². The molecule has 0 unspecified atom stereocenters. The Morgan fingerprint density at radius 1 is 1.33 bits per heavy atom. The van der Waals surface area contributed by atoms with E-state index in [1.165, 1.54) is 12.1 Å². The van der Waals surface area contributed by atoms with Gasteiger partial charge in [-0.3, -0.25) is 0 Å². The van der Waals surface area contributed by atoms with Crippen LogP contribution >= 0.6 is 0 Å². The number of rotatable bonds is 3.